The van der Waals surface area contributed by atoms with Crippen molar-refractivity contribution < 1.29 is 9.18 Å². The maximum atomic E-state index is 14.8. The molecule has 0 unspecified atom stereocenters. The molecule has 11 heteroatoms. The first-order valence-electron chi connectivity index (χ1n) is 10.9. The number of halogens is 1. The number of carbonyl (C=O) groups excluding carboxylic acids is 1. The molecular weight excluding hydrogens is 461 g/mol. The Kier molecular flexibility index (Phi) is 5.49. The minimum Gasteiger partial charge on any atom is -0.301 e. The van der Waals surface area contributed by atoms with Crippen molar-refractivity contribution in [1.29, 1.82) is 0 Å². The predicted octanol–water partition coefficient (Wildman–Crippen LogP) is 3.35. The van der Waals surface area contributed by atoms with E-state index in [0.29, 0.717) is 27.9 Å². The van der Waals surface area contributed by atoms with Crippen molar-refractivity contribution in [3.05, 3.63) is 42.6 Å². The lowest BCUT2D eigenvalue weighted by Crippen LogP contribution is -2.49. The summed E-state index contributed by atoms with van der Waals surface area (Å²) in [4.78, 5) is 30.6. The van der Waals surface area contributed by atoms with Gasteiger partial charge in [-0.2, -0.15) is 0 Å². The monoisotopic (exact) mass is 483 g/mol. The van der Waals surface area contributed by atoms with Crippen molar-refractivity contribution in [2.24, 2.45) is 0 Å². The number of piperazine rings is 1. The zero-order valence-corrected chi connectivity index (χ0v) is 19.4. The smallest absolute Gasteiger partial charge is 0.240 e. The van der Waals surface area contributed by atoms with Crippen LogP contribution in [0.1, 0.15) is 12.8 Å². The third-order valence-corrected chi connectivity index (χ3v) is 7.97. The Balaban J connectivity index is 1.13. The summed E-state index contributed by atoms with van der Waals surface area (Å²) in [6.45, 7) is 4.23. The van der Waals surface area contributed by atoms with Crippen LogP contribution in [0.4, 0.5) is 9.52 Å². The summed E-state index contributed by atoms with van der Waals surface area (Å²) in [5.74, 6) is 0.128. The number of anilines is 1. The number of fused-ring (bicyclic) bond motifs is 2. The highest BCUT2D eigenvalue weighted by Crippen LogP contribution is 2.35. The van der Waals surface area contributed by atoms with Crippen LogP contribution in [0.3, 0.4) is 0 Å². The van der Waals surface area contributed by atoms with Crippen molar-refractivity contribution in [3.8, 4) is 0 Å². The molecule has 0 bridgehead atoms. The summed E-state index contributed by atoms with van der Waals surface area (Å²) in [7, 11) is 0. The Bertz CT molecular complexity index is 1330. The number of rotatable bonds is 6. The summed E-state index contributed by atoms with van der Waals surface area (Å²) in [5, 5.41) is 4.16. The van der Waals surface area contributed by atoms with Crippen LogP contribution in [0.15, 0.2) is 46.7 Å². The van der Waals surface area contributed by atoms with Gasteiger partial charge in [0.2, 0.25) is 11.7 Å². The van der Waals surface area contributed by atoms with Crippen molar-refractivity contribution in [2.45, 2.75) is 28.8 Å². The fourth-order valence-electron chi connectivity index (χ4n) is 4.14. The molecular formula is C22H22FN7OS2. The first-order chi connectivity index (χ1) is 16.1. The second-order valence-corrected chi connectivity index (χ2v) is 10.4. The number of amides is 1. The molecule has 3 aromatic heterocycles. The van der Waals surface area contributed by atoms with Gasteiger partial charge in [-0.3, -0.25) is 19.0 Å². The van der Waals surface area contributed by atoms with Gasteiger partial charge in [0.1, 0.15) is 10.8 Å². The Morgan fingerprint density at radius 2 is 2.06 bits per heavy atom. The highest BCUT2D eigenvalue weighted by molar-refractivity contribution is 7.99. The molecule has 8 nitrogen and oxygen atoms in total. The third-order valence-electron chi connectivity index (χ3n) is 5.99. The van der Waals surface area contributed by atoms with Gasteiger partial charge in [-0.25, -0.2) is 19.3 Å². The number of carbonyl (C=O) groups is 1. The van der Waals surface area contributed by atoms with Crippen LogP contribution < -0.4 is 5.32 Å². The van der Waals surface area contributed by atoms with E-state index >= 15 is 0 Å². The topological polar surface area (TPSA) is 78.7 Å². The van der Waals surface area contributed by atoms with Crippen LogP contribution in [0.25, 0.3) is 16.0 Å². The SMILES string of the molecule is O=C(CN1CCN(C2CC2)CC1)Nc1nc2cc(F)c(Sc3cnc4ncccn34)cc2s1. The van der Waals surface area contributed by atoms with Crippen molar-refractivity contribution in [2.75, 3.05) is 38.0 Å². The van der Waals surface area contributed by atoms with Gasteiger partial charge in [0, 0.05) is 50.7 Å². The molecule has 33 heavy (non-hydrogen) atoms. The van der Waals surface area contributed by atoms with E-state index in [1.807, 2.05) is 16.7 Å². The third kappa shape index (κ3) is 4.45. The molecule has 1 aliphatic carbocycles. The number of benzene rings is 1. The Hall–Kier alpha value is -2.60. The Labute approximate surface area is 197 Å². The lowest BCUT2D eigenvalue weighted by molar-refractivity contribution is -0.117. The predicted molar refractivity (Wildman–Crippen MR) is 126 cm³/mol. The summed E-state index contributed by atoms with van der Waals surface area (Å²) in [5.41, 5.74) is 0.537. The number of aromatic nitrogens is 4. The largest absolute Gasteiger partial charge is 0.301 e. The van der Waals surface area contributed by atoms with E-state index in [4.69, 9.17) is 0 Å². The summed E-state index contributed by atoms with van der Waals surface area (Å²) in [6, 6.07) is 5.78. The number of nitrogens with one attached hydrogen (secondary N) is 1. The van der Waals surface area contributed by atoms with Crippen LogP contribution in [-0.2, 0) is 4.79 Å². The molecule has 0 atom stereocenters. The lowest BCUT2D eigenvalue weighted by atomic mass is 10.3. The van der Waals surface area contributed by atoms with Crippen LogP contribution >= 0.6 is 23.1 Å². The fourth-order valence-corrected chi connectivity index (χ4v) is 6.03. The lowest BCUT2D eigenvalue weighted by Gasteiger charge is -2.34. The average molecular weight is 484 g/mol. The van der Waals surface area contributed by atoms with E-state index in [-0.39, 0.29) is 11.7 Å². The van der Waals surface area contributed by atoms with Gasteiger partial charge >= 0.3 is 0 Å². The first-order valence-corrected chi connectivity index (χ1v) is 12.6. The van der Waals surface area contributed by atoms with Crippen LogP contribution in [0, 0.1) is 5.82 Å². The van der Waals surface area contributed by atoms with E-state index in [2.05, 4.69) is 30.1 Å². The normalized spacial score (nSPS) is 17.7. The van der Waals surface area contributed by atoms with Gasteiger partial charge in [0.15, 0.2) is 5.13 Å². The van der Waals surface area contributed by atoms with Gasteiger partial charge in [0.25, 0.3) is 0 Å². The molecule has 2 aliphatic rings. The molecule has 0 radical (unpaired) electrons. The maximum absolute atomic E-state index is 14.8. The van der Waals surface area contributed by atoms with Crippen LogP contribution in [0.2, 0.25) is 0 Å². The Morgan fingerprint density at radius 1 is 1.21 bits per heavy atom. The second kappa shape index (κ2) is 8.64. The summed E-state index contributed by atoms with van der Waals surface area (Å²) < 4.78 is 17.4. The molecule has 1 aliphatic heterocycles. The second-order valence-electron chi connectivity index (χ2n) is 8.35. The first kappa shape index (κ1) is 21.0. The average Bonchev–Trinajstić information content (AvgIpc) is 3.48. The van der Waals surface area contributed by atoms with Crippen molar-refractivity contribution in [3.63, 3.8) is 0 Å². The molecule has 4 aromatic rings. The van der Waals surface area contributed by atoms with Crippen molar-refractivity contribution in [1.82, 2.24) is 29.2 Å². The highest BCUT2D eigenvalue weighted by atomic mass is 32.2. The Morgan fingerprint density at radius 3 is 2.88 bits per heavy atom. The minimum absolute atomic E-state index is 0.0813. The van der Waals surface area contributed by atoms with Crippen LogP contribution in [0.5, 0.6) is 0 Å². The number of hydrogen-bond acceptors (Lipinski definition) is 8. The number of hydrogen-bond donors (Lipinski definition) is 1. The van der Waals surface area contributed by atoms with Crippen LogP contribution in [-0.4, -0.2) is 73.8 Å². The van der Waals surface area contributed by atoms with E-state index < -0.39 is 0 Å². The standard InChI is InChI=1S/C22H22FN7OS2/c23-15-10-16-18(11-17(15)32-20-12-25-21-24-4-1-5-30(20)21)33-22(26-16)27-19(31)13-28-6-8-29(9-7-28)14-2-3-14/h1,4-5,10-12,14H,2-3,6-9,13H2,(H,26,27,31). The van der Waals surface area contributed by atoms with Gasteiger partial charge in [-0.15, -0.1) is 0 Å². The number of nitrogens with zero attached hydrogens (tertiary/aromatic N) is 6. The van der Waals surface area contributed by atoms with Gasteiger partial charge in [-0.05, 0) is 25.0 Å². The fraction of sp³-hybridized carbons (Fsp3) is 0.364. The molecule has 1 N–H and O–H groups in total. The highest BCUT2D eigenvalue weighted by Gasteiger charge is 2.31. The molecule has 6 rings (SSSR count). The molecule has 1 aromatic carbocycles. The number of thiazole rings is 1. The number of imidazole rings is 1. The van der Waals surface area contributed by atoms with E-state index in [1.54, 1.807) is 18.5 Å². The quantitative estimate of drug-likeness (QED) is 0.451. The zero-order valence-electron chi connectivity index (χ0n) is 17.8. The van der Waals surface area contributed by atoms with E-state index in [0.717, 1.165) is 41.9 Å². The molecule has 170 valence electrons. The zero-order chi connectivity index (χ0) is 22.4. The summed E-state index contributed by atoms with van der Waals surface area (Å²) >= 11 is 2.64. The molecule has 0 spiro atoms. The minimum atomic E-state index is -0.358. The van der Waals surface area contributed by atoms with Gasteiger partial charge in [0.05, 0.1) is 27.9 Å². The molecule has 1 amide bonds. The van der Waals surface area contributed by atoms with E-state index in [9.17, 15) is 9.18 Å². The van der Waals surface area contributed by atoms with Gasteiger partial charge < -0.3 is 5.32 Å². The van der Waals surface area contributed by atoms with Gasteiger partial charge in [-0.1, -0.05) is 23.1 Å². The molecule has 4 heterocycles. The molecule has 1 saturated heterocycles. The molecule has 2 fully saturated rings. The van der Waals surface area contributed by atoms with E-state index in [1.165, 1.54) is 42.0 Å². The summed E-state index contributed by atoms with van der Waals surface area (Å²) in [6.07, 6.45) is 7.83. The van der Waals surface area contributed by atoms with Crippen molar-refractivity contribution >= 4 is 50.1 Å². The molecule has 1 saturated carbocycles. The maximum Gasteiger partial charge on any atom is 0.240 e.